The fraction of sp³-hybridized carbons (Fsp3) is 0.312. The number of hydrogen-bond donors (Lipinski definition) is 2. The average Bonchev–Trinajstić information content (AvgIpc) is 3.32. The first-order valence-corrected chi connectivity index (χ1v) is 13.9. The molecule has 0 aliphatic carbocycles. The van der Waals surface area contributed by atoms with Crippen LogP contribution >= 0.6 is 0 Å². The van der Waals surface area contributed by atoms with Crippen LogP contribution < -0.4 is 20.3 Å². The number of benzene rings is 2. The summed E-state index contributed by atoms with van der Waals surface area (Å²) >= 11 is 0. The molecule has 0 spiro atoms. The van der Waals surface area contributed by atoms with Gasteiger partial charge in [0.05, 0.1) is 47.1 Å². The number of carbonyl (C=O) groups is 2. The van der Waals surface area contributed by atoms with E-state index in [-0.39, 0.29) is 18.0 Å². The number of aryl methyl sites for hydroxylation is 1. The van der Waals surface area contributed by atoms with Crippen molar-refractivity contribution in [3.63, 3.8) is 0 Å². The molecule has 2 aromatic carbocycles. The standard InChI is InChI=1S/C32H39N7O4/c1-9-29(40)34-25-17-26(28(42-8)18-27(25)38(6)16-15-37(4)5)36-32-33-14-13-24(35-32)23-19-39(7)30-21(23)11-10-12-22(30)31(41)43-20(2)3/h9-14,17-20H,1,15-16H2,2-8H3,(H,34,40)(H,33,35,36). The zero-order valence-electron chi connectivity index (χ0n) is 25.8. The number of likely N-dealkylation sites (N-methyl/N-ethyl adjacent to an activating group) is 2. The summed E-state index contributed by atoms with van der Waals surface area (Å²) in [5.41, 5.74) is 4.69. The van der Waals surface area contributed by atoms with E-state index in [1.54, 1.807) is 25.4 Å². The third-order valence-electron chi connectivity index (χ3n) is 6.80. The predicted octanol–water partition coefficient (Wildman–Crippen LogP) is 5.08. The van der Waals surface area contributed by atoms with Gasteiger partial charge >= 0.3 is 5.97 Å². The van der Waals surface area contributed by atoms with Crippen LogP contribution in [-0.4, -0.2) is 78.8 Å². The van der Waals surface area contributed by atoms with Crippen LogP contribution in [0.5, 0.6) is 5.75 Å². The maximum Gasteiger partial charge on any atom is 0.340 e. The van der Waals surface area contributed by atoms with Crippen LogP contribution in [0.3, 0.4) is 0 Å². The molecule has 11 heteroatoms. The number of aromatic nitrogens is 3. The molecule has 0 bridgehead atoms. The lowest BCUT2D eigenvalue weighted by atomic mass is 10.1. The van der Waals surface area contributed by atoms with Crippen molar-refractivity contribution in [3.8, 4) is 17.0 Å². The van der Waals surface area contributed by atoms with Crippen LogP contribution in [0.4, 0.5) is 23.0 Å². The second-order valence-electron chi connectivity index (χ2n) is 10.7. The molecule has 0 fully saturated rings. The van der Waals surface area contributed by atoms with Gasteiger partial charge in [0.15, 0.2) is 0 Å². The number of rotatable bonds is 12. The highest BCUT2D eigenvalue weighted by Crippen LogP contribution is 2.38. The summed E-state index contributed by atoms with van der Waals surface area (Å²) in [4.78, 5) is 38.5. The average molecular weight is 586 g/mol. The van der Waals surface area contributed by atoms with Crippen LogP contribution in [0.25, 0.3) is 22.2 Å². The maximum atomic E-state index is 12.8. The van der Waals surface area contributed by atoms with Gasteiger partial charge in [-0.15, -0.1) is 0 Å². The number of amides is 1. The number of nitrogens with zero attached hydrogens (tertiary/aromatic N) is 5. The van der Waals surface area contributed by atoms with E-state index in [0.29, 0.717) is 34.3 Å². The SMILES string of the molecule is C=CC(=O)Nc1cc(Nc2nccc(-c3cn(C)c4c(C(=O)OC(C)C)cccc34)n2)c(OC)cc1N(C)CCN(C)C. The van der Waals surface area contributed by atoms with E-state index >= 15 is 0 Å². The van der Waals surface area contributed by atoms with Gasteiger partial charge in [0, 0.05) is 56.6 Å². The van der Waals surface area contributed by atoms with Gasteiger partial charge in [-0.1, -0.05) is 18.7 Å². The van der Waals surface area contributed by atoms with Gasteiger partial charge in [0.2, 0.25) is 11.9 Å². The van der Waals surface area contributed by atoms with Crippen molar-refractivity contribution in [1.29, 1.82) is 0 Å². The minimum absolute atomic E-state index is 0.229. The van der Waals surface area contributed by atoms with Gasteiger partial charge < -0.3 is 34.5 Å². The molecule has 4 aromatic rings. The van der Waals surface area contributed by atoms with Crippen molar-refractivity contribution < 1.29 is 19.1 Å². The smallest absolute Gasteiger partial charge is 0.340 e. The molecule has 226 valence electrons. The number of fused-ring (bicyclic) bond motifs is 1. The molecule has 0 radical (unpaired) electrons. The van der Waals surface area contributed by atoms with Gasteiger partial charge in [0.1, 0.15) is 5.75 Å². The highest BCUT2D eigenvalue weighted by atomic mass is 16.5. The van der Waals surface area contributed by atoms with E-state index in [1.165, 1.54) is 6.08 Å². The Balaban J connectivity index is 1.72. The van der Waals surface area contributed by atoms with Crippen molar-refractivity contribution in [2.24, 2.45) is 7.05 Å². The monoisotopic (exact) mass is 585 g/mol. The first-order valence-electron chi connectivity index (χ1n) is 13.9. The lowest BCUT2D eigenvalue weighted by Crippen LogP contribution is -2.29. The highest BCUT2D eigenvalue weighted by Gasteiger charge is 2.20. The molecule has 43 heavy (non-hydrogen) atoms. The van der Waals surface area contributed by atoms with Gasteiger partial charge in [-0.25, -0.2) is 14.8 Å². The highest BCUT2D eigenvalue weighted by molar-refractivity contribution is 6.08. The second kappa shape index (κ2) is 13.4. The molecule has 0 aliphatic rings. The van der Waals surface area contributed by atoms with Gasteiger partial charge in [-0.2, -0.15) is 0 Å². The minimum Gasteiger partial charge on any atom is -0.494 e. The van der Waals surface area contributed by atoms with E-state index < -0.39 is 0 Å². The molecule has 11 nitrogen and oxygen atoms in total. The van der Waals surface area contributed by atoms with Crippen LogP contribution in [0, 0.1) is 0 Å². The molecule has 2 N–H and O–H groups in total. The third-order valence-corrected chi connectivity index (χ3v) is 6.80. The van der Waals surface area contributed by atoms with Crippen molar-refractivity contribution in [1.82, 2.24) is 19.4 Å². The number of hydrogen-bond acceptors (Lipinski definition) is 9. The van der Waals surface area contributed by atoms with Crippen molar-refractivity contribution in [2.75, 3.05) is 56.9 Å². The van der Waals surface area contributed by atoms with E-state index in [0.717, 1.165) is 35.2 Å². The maximum absolute atomic E-state index is 12.8. The molecule has 4 rings (SSSR count). The Morgan fingerprint density at radius 1 is 1.12 bits per heavy atom. The number of anilines is 4. The van der Waals surface area contributed by atoms with Gasteiger partial charge in [0.25, 0.3) is 0 Å². The second-order valence-corrected chi connectivity index (χ2v) is 10.7. The fourth-order valence-corrected chi connectivity index (χ4v) is 4.71. The molecular formula is C32H39N7O4. The molecule has 0 aliphatic heterocycles. The van der Waals surface area contributed by atoms with E-state index in [4.69, 9.17) is 14.5 Å². The largest absolute Gasteiger partial charge is 0.494 e. The van der Waals surface area contributed by atoms with Crippen LogP contribution in [0.1, 0.15) is 24.2 Å². The topological polar surface area (TPSA) is 114 Å². The fourth-order valence-electron chi connectivity index (χ4n) is 4.71. The number of esters is 1. The number of ether oxygens (including phenoxy) is 2. The normalized spacial score (nSPS) is 11.1. The Morgan fingerprint density at radius 3 is 2.56 bits per heavy atom. The quantitative estimate of drug-likeness (QED) is 0.174. The van der Waals surface area contributed by atoms with E-state index in [1.807, 2.05) is 82.0 Å². The molecule has 0 saturated carbocycles. The number of carbonyl (C=O) groups excluding carboxylic acids is 2. The summed E-state index contributed by atoms with van der Waals surface area (Å²) in [6, 6.07) is 11.0. The summed E-state index contributed by atoms with van der Waals surface area (Å²) < 4.78 is 13.1. The molecule has 2 aromatic heterocycles. The molecule has 1 amide bonds. The van der Waals surface area contributed by atoms with Crippen LogP contribution in [0.2, 0.25) is 0 Å². The van der Waals surface area contributed by atoms with E-state index in [9.17, 15) is 9.59 Å². The van der Waals surface area contributed by atoms with Gasteiger partial charge in [-0.3, -0.25) is 4.79 Å². The lowest BCUT2D eigenvalue weighted by molar-refractivity contribution is -0.111. The molecule has 2 heterocycles. The Kier molecular flexibility index (Phi) is 9.66. The first-order chi connectivity index (χ1) is 20.5. The number of methoxy groups -OCH3 is 1. The van der Waals surface area contributed by atoms with Crippen molar-refractivity contribution in [3.05, 3.63) is 67.0 Å². The molecule has 0 saturated heterocycles. The summed E-state index contributed by atoms with van der Waals surface area (Å²) in [5.74, 6) is 0.179. The zero-order valence-corrected chi connectivity index (χ0v) is 25.8. The lowest BCUT2D eigenvalue weighted by Gasteiger charge is -2.26. The van der Waals surface area contributed by atoms with Crippen LogP contribution in [0.15, 0.2) is 61.4 Å². The summed E-state index contributed by atoms with van der Waals surface area (Å²) in [6.45, 7) is 8.79. The molecule has 0 unspecified atom stereocenters. The Morgan fingerprint density at radius 2 is 1.88 bits per heavy atom. The summed E-state index contributed by atoms with van der Waals surface area (Å²) in [5, 5.41) is 7.02. The minimum atomic E-state index is -0.374. The Labute approximate surface area is 252 Å². The molecule has 0 atom stereocenters. The Hall–Kier alpha value is -4.90. The van der Waals surface area contributed by atoms with Gasteiger partial charge in [-0.05, 0) is 52.2 Å². The summed E-state index contributed by atoms with van der Waals surface area (Å²) in [7, 11) is 9.45. The number of nitrogens with one attached hydrogen (secondary N) is 2. The van der Waals surface area contributed by atoms with E-state index in [2.05, 4.69) is 27.1 Å². The third kappa shape index (κ3) is 7.12. The zero-order chi connectivity index (χ0) is 31.3. The van der Waals surface area contributed by atoms with Crippen LogP contribution in [-0.2, 0) is 16.6 Å². The van der Waals surface area contributed by atoms with Crippen molar-refractivity contribution >= 4 is 45.8 Å². The van der Waals surface area contributed by atoms with Crippen molar-refractivity contribution in [2.45, 2.75) is 20.0 Å². The predicted molar refractivity (Wildman–Crippen MR) is 171 cm³/mol. The number of para-hydroxylation sites is 1. The molecular weight excluding hydrogens is 546 g/mol. The first kappa shape index (κ1) is 31.0. The summed E-state index contributed by atoms with van der Waals surface area (Å²) in [6.07, 6.45) is 4.60. The Bertz CT molecular complexity index is 1640.